The number of hydrogen-bond donors (Lipinski definition) is 1. The number of aromatic nitrogens is 1. The largest absolute Gasteiger partial charge is 0.352 e. The zero-order chi connectivity index (χ0) is 24.2. The lowest BCUT2D eigenvalue weighted by atomic mass is 9.89. The molecule has 1 aliphatic heterocycles. The molecule has 6 heteroatoms. The van der Waals surface area contributed by atoms with E-state index in [0.29, 0.717) is 24.4 Å². The predicted molar refractivity (Wildman–Crippen MR) is 140 cm³/mol. The third-order valence-corrected chi connectivity index (χ3v) is 8.32. The average Bonchev–Trinajstić information content (AvgIpc) is 3.53. The lowest BCUT2D eigenvalue weighted by molar-refractivity contribution is -0.133. The van der Waals surface area contributed by atoms with Gasteiger partial charge in [-0.2, -0.15) is 0 Å². The van der Waals surface area contributed by atoms with Crippen molar-refractivity contribution in [2.24, 2.45) is 5.92 Å². The van der Waals surface area contributed by atoms with Crippen molar-refractivity contribution in [2.45, 2.75) is 51.4 Å². The molecule has 182 valence electrons. The van der Waals surface area contributed by atoms with Crippen LogP contribution in [0.15, 0.2) is 53.9 Å². The first kappa shape index (κ1) is 23.7. The van der Waals surface area contributed by atoms with E-state index >= 15 is 0 Å². The van der Waals surface area contributed by atoms with Crippen molar-refractivity contribution >= 4 is 23.2 Å². The van der Waals surface area contributed by atoms with Gasteiger partial charge in [0.2, 0.25) is 5.91 Å². The van der Waals surface area contributed by atoms with E-state index in [0.717, 1.165) is 56.6 Å². The fourth-order valence-corrected chi connectivity index (χ4v) is 6.21. The van der Waals surface area contributed by atoms with Gasteiger partial charge < -0.3 is 10.2 Å². The van der Waals surface area contributed by atoms with Crippen molar-refractivity contribution in [3.8, 4) is 0 Å². The van der Waals surface area contributed by atoms with Crippen LogP contribution < -0.4 is 5.32 Å². The first-order valence-corrected chi connectivity index (χ1v) is 13.6. The molecule has 1 N–H and O–H groups in total. The van der Waals surface area contributed by atoms with Crippen LogP contribution in [0, 0.1) is 12.8 Å². The van der Waals surface area contributed by atoms with Crippen LogP contribution in [-0.2, 0) is 24.1 Å². The number of rotatable bonds is 7. The molecular formula is C29H33N3O2S. The van der Waals surface area contributed by atoms with Gasteiger partial charge in [-0.1, -0.05) is 30.3 Å². The minimum atomic E-state index is -0.0524. The van der Waals surface area contributed by atoms with E-state index in [1.165, 1.54) is 16.0 Å². The molecule has 0 saturated carbocycles. The maximum absolute atomic E-state index is 13.0. The highest BCUT2D eigenvalue weighted by Gasteiger charge is 2.30. The summed E-state index contributed by atoms with van der Waals surface area (Å²) in [5, 5.41) is 5.13. The van der Waals surface area contributed by atoms with Gasteiger partial charge in [-0.3, -0.25) is 14.6 Å². The molecule has 0 spiro atoms. The molecule has 1 saturated heterocycles. The Hall–Kier alpha value is -2.99. The zero-order valence-corrected chi connectivity index (χ0v) is 21.2. The molecule has 0 radical (unpaired) electrons. The summed E-state index contributed by atoms with van der Waals surface area (Å²) in [5.74, 6) is 0.835. The highest BCUT2D eigenvalue weighted by molar-refractivity contribution is 7.09. The second-order valence-corrected chi connectivity index (χ2v) is 10.9. The van der Waals surface area contributed by atoms with E-state index < -0.39 is 0 Å². The Bertz CT molecular complexity index is 1160. The molecular weight excluding hydrogens is 454 g/mol. The maximum Gasteiger partial charge on any atom is 0.253 e. The number of nitrogens with one attached hydrogen (secondary N) is 1. The summed E-state index contributed by atoms with van der Waals surface area (Å²) in [5.41, 5.74) is 5.29. The molecule has 0 atom stereocenters. The molecule has 1 aliphatic carbocycles. The number of piperidine rings is 1. The Morgan fingerprint density at radius 1 is 1.03 bits per heavy atom. The summed E-state index contributed by atoms with van der Waals surface area (Å²) in [6, 6.07) is 16.5. The average molecular weight is 488 g/mol. The molecule has 1 fully saturated rings. The molecule has 0 bridgehead atoms. The molecule has 0 unspecified atom stereocenters. The number of pyridine rings is 1. The van der Waals surface area contributed by atoms with Gasteiger partial charge in [-0.25, -0.2) is 0 Å². The second kappa shape index (κ2) is 10.7. The molecule has 3 heterocycles. The lowest BCUT2D eigenvalue weighted by Gasteiger charge is -2.33. The van der Waals surface area contributed by atoms with Gasteiger partial charge in [0.1, 0.15) is 0 Å². The van der Waals surface area contributed by atoms with Crippen molar-refractivity contribution in [1.29, 1.82) is 0 Å². The van der Waals surface area contributed by atoms with Gasteiger partial charge in [0.05, 0.1) is 11.3 Å². The van der Waals surface area contributed by atoms with Crippen LogP contribution in [0.5, 0.6) is 0 Å². The van der Waals surface area contributed by atoms with Crippen molar-refractivity contribution < 1.29 is 9.59 Å². The Kier molecular flexibility index (Phi) is 7.28. The summed E-state index contributed by atoms with van der Waals surface area (Å²) in [7, 11) is 0. The van der Waals surface area contributed by atoms with Crippen LogP contribution in [0.1, 0.15) is 62.9 Å². The third-order valence-electron chi connectivity index (χ3n) is 7.38. The molecule has 2 aromatic heterocycles. The molecule has 2 aliphatic rings. The molecule has 3 aromatic rings. The van der Waals surface area contributed by atoms with Gasteiger partial charge >= 0.3 is 0 Å². The number of fused-ring (bicyclic) bond motifs is 1. The highest BCUT2D eigenvalue weighted by Crippen LogP contribution is 2.32. The van der Waals surface area contributed by atoms with E-state index in [-0.39, 0.29) is 17.7 Å². The fraction of sp³-hybridized carbons (Fsp3) is 0.414. The Labute approximate surface area is 211 Å². The van der Waals surface area contributed by atoms with Crippen LogP contribution >= 0.6 is 11.3 Å². The summed E-state index contributed by atoms with van der Waals surface area (Å²) < 4.78 is 0. The molecule has 2 amide bonds. The first-order chi connectivity index (χ1) is 17.1. The second-order valence-electron chi connectivity index (χ2n) is 9.87. The minimum Gasteiger partial charge on any atom is -0.352 e. The van der Waals surface area contributed by atoms with Crippen molar-refractivity contribution in [2.75, 3.05) is 19.6 Å². The summed E-state index contributed by atoms with van der Waals surface area (Å²) in [6.45, 7) is 4.06. The SMILES string of the molecule is Cc1ccc(C(=O)NCCc2cccs2)c(C2CCN(C(=O)CC3Cc4ccccc4C3)CC2)n1. The summed E-state index contributed by atoms with van der Waals surface area (Å²) in [6.07, 6.45) is 5.18. The van der Waals surface area contributed by atoms with Gasteiger partial charge in [-0.05, 0) is 79.7 Å². The fourth-order valence-electron chi connectivity index (χ4n) is 5.50. The Balaban J connectivity index is 1.16. The Morgan fingerprint density at radius 2 is 1.77 bits per heavy atom. The normalized spacial score (nSPS) is 16.3. The van der Waals surface area contributed by atoms with Crippen LogP contribution in [0.25, 0.3) is 0 Å². The van der Waals surface area contributed by atoms with Gasteiger partial charge in [-0.15, -0.1) is 11.3 Å². The van der Waals surface area contributed by atoms with E-state index in [9.17, 15) is 9.59 Å². The predicted octanol–water partition coefficient (Wildman–Crippen LogP) is 4.94. The number of benzene rings is 1. The zero-order valence-electron chi connectivity index (χ0n) is 20.3. The van der Waals surface area contributed by atoms with Crippen LogP contribution in [0.3, 0.4) is 0 Å². The van der Waals surface area contributed by atoms with Gasteiger partial charge in [0, 0.05) is 42.5 Å². The number of likely N-dealkylation sites (tertiary alicyclic amines) is 1. The number of thiophene rings is 1. The minimum absolute atomic E-state index is 0.0524. The van der Waals surface area contributed by atoms with E-state index in [1.807, 2.05) is 30.0 Å². The monoisotopic (exact) mass is 487 g/mol. The summed E-state index contributed by atoms with van der Waals surface area (Å²) >= 11 is 1.71. The third kappa shape index (κ3) is 5.64. The number of carbonyl (C=O) groups excluding carboxylic acids is 2. The van der Waals surface area contributed by atoms with Crippen molar-refractivity contribution in [1.82, 2.24) is 15.2 Å². The number of nitrogens with zero attached hydrogens (tertiary/aromatic N) is 2. The quantitative estimate of drug-likeness (QED) is 0.514. The van der Waals surface area contributed by atoms with Crippen molar-refractivity contribution in [3.05, 3.63) is 86.9 Å². The first-order valence-electron chi connectivity index (χ1n) is 12.7. The molecule has 5 rings (SSSR count). The van der Waals surface area contributed by atoms with E-state index in [1.54, 1.807) is 11.3 Å². The molecule has 5 nitrogen and oxygen atoms in total. The number of amides is 2. The van der Waals surface area contributed by atoms with Crippen LogP contribution in [-0.4, -0.2) is 41.3 Å². The maximum atomic E-state index is 13.0. The topological polar surface area (TPSA) is 62.3 Å². The van der Waals surface area contributed by atoms with Crippen LogP contribution in [0.4, 0.5) is 0 Å². The number of hydrogen-bond acceptors (Lipinski definition) is 4. The van der Waals surface area contributed by atoms with E-state index in [2.05, 4.69) is 41.0 Å². The van der Waals surface area contributed by atoms with Crippen molar-refractivity contribution in [3.63, 3.8) is 0 Å². The Morgan fingerprint density at radius 3 is 2.46 bits per heavy atom. The lowest BCUT2D eigenvalue weighted by Crippen LogP contribution is -2.39. The number of aryl methyl sites for hydroxylation is 1. The smallest absolute Gasteiger partial charge is 0.253 e. The molecule has 35 heavy (non-hydrogen) atoms. The molecule has 1 aromatic carbocycles. The van der Waals surface area contributed by atoms with E-state index in [4.69, 9.17) is 4.98 Å². The summed E-state index contributed by atoms with van der Waals surface area (Å²) in [4.78, 5) is 34.1. The van der Waals surface area contributed by atoms with Crippen LogP contribution in [0.2, 0.25) is 0 Å². The van der Waals surface area contributed by atoms with Gasteiger partial charge in [0.25, 0.3) is 5.91 Å². The van der Waals surface area contributed by atoms with Gasteiger partial charge in [0.15, 0.2) is 0 Å². The highest BCUT2D eigenvalue weighted by atomic mass is 32.1. The standard InChI is InChI=1S/C29H33N3O2S/c1-20-8-9-26(29(34)30-13-10-25-7-4-16-35-25)28(31-20)22-11-14-32(15-12-22)27(33)19-21-17-23-5-2-3-6-24(23)18-21/h2-9,16,21-22H,10-15,17-19H2,1H3,(H,30,34). The number of carbonyl (C=O) groups is 2.